The minimum Gasteiger partial charge on any atom is -0.202 e. The molecule has 0 bridgehead atoms. The number of halogens is 2. The van der Waals surface area contributed by atoms with Crippen molar-refractivity contribution in [1.82, 2.24) is 4.57 Å². The lowest BCUT2D eigenvalue weighted by atomic mass is 10.3. The van der Waals surface area contributed by atoms with E-state index in [4.69, 9.17) is 23.2 Å². The Morgan fingerprint density at radius 1 is 0.789 bits per heavy atom. The van der Waals surface area contributed by atoms with Gasteiger partial charge in [-0.25, -0.2) is 9.13 Å². The molecule has 94 valence electrons. The number of hydrogen-bond acceptors (Lipinski definition) is 0. The molecule has 4 heteroatoms. The number of aromatic nitrogens is 2. The van der Waals surface area contributed by atoms with Gasteiger partial charge in [0.1, 0.15) is 23.8 Å². The molecule has 0 atom stereocenters. The van der Waals surface area contributed by atoms with Crippen LogP contribution in [0.3, 0.4) is 0 Å². The first kappa shape index (κ1) is 12.3. The second kappa shape index (κ2) is 5.08. The third kappa shape index (κ3) is 2.65. The molecule has 0 N–H and O–H groups in total. The fraction of sp³-hybridized carbons (Fsp3) is 0. The van der Waals surface area contributed by atoms with Crippen molar-refractivity contribution in [1.29, 1.82) is 0 Å². The number of hydrogen-bond donors (Lipinski definition) is 0. The van der Waals surface area contributed by atoms with Gasteiger partial charge in [0.25, 0.3) is 6.33 Å². The van der Waals surface area contributed by atoms with Crippen LogP contribution < -0.4 is 4.57 Å². The van der Waals surface area contributed by atoms with Crippen LogP contribution in [-0.4, -0.2) is 4.57 Å². The Balaban J connectivity index is 1.95. The summed E-state index contributed by atoms with van der Waals surface area (Å²) in [4.78, 5) is 0. The highest BCUT2D eigenvalue weighted by Crippen LogP contribution is 2.13. The van der Waals surface area contributed by atoms with E-state index in [9.17, 15) is 0 Å². The van der Waals surface area contributed by atoms with E-state index in [0.717, 1.165) is 21.4 Å². The average Bonchev–Trinajstić information content (AvgIpc) is 2.90. The maximum Gasteiger partial charge on any atom is 0.254 e. The van der Waals surface area contributed by atoms with Gasteiger partial charge in [0.15, 0.2) is 0 Å². The highest BCUT2D eigenvalue weighted by Gasteiger charge is 2.08. The molecular weight excluding hydrogens is 279 g/mol. The summed E-state index contributed by atoms with van der Waals surface area (Å²) in [6.45, 7) is 0. The van der Waals surface area contributed by atoms with Gasteiger partial charge in [0, 0.05) is 10.0 Å². The first-order valence-electron chi connectivity index (χ1n) is 5.83. The Morgan fingerprint density at radius 3 is 2.00 bits per heavy atom. The maximum atomic E-state index is 5.89. The zero-order valence-electron chi connectivity index (χ0n) is 10.0. The molecule has 0 aliphatic carbocycles. The molecule has 0 unspecified atom stereocenters. The molecule has 19 heavy (non-hydrogen) atoms. The van der Waals surface area contributed by atoms with E-state index >= 15 is 0 Å². The zero-order chi connectivity index (χ0) is 13.2. The minimum atomic E-state index is 0.737. The number of imidazole rings is 1. The Morgan fingerprint density at radius 2 is 1.37 bits per heavy atom. The lowest BCUT2D eigenvalue weighted by molar-refractivity contribution is -0.594. The molecule has 0 saturated carbocycles. The van der Waals surface area contributed by atoms with Crippen molar-refractivity contribution >= 4 is 23.2 Å². The molecule has 0 radical (unpaired) electrons. The van der Waals surface area contributed by atoms with Crippen molar-refractivity contribution in [2.24, 2.45) is 0 Å². The predicted octanol–water partition coefficient (Wildman–Crippen LogP) is 4.06. The van der Waals surface area contributed by atoms with Gasteiger partial charge in [-0.2, -0.15) is 0 Å². The Labute approximate surface area is 121 Å². The molecule has 0 saturated heterocycles. The minimum absolute atomic E-state index is 0.737. The SMILES string of the molecule is Clc1ccc(-n2cc[n+](-c3ccc(Cl)cc3)c2)cc1. The normalized spacial score (nSPS) is 10.6. The van der Waals surface area contributed by atoms with E-state index < -0.39 is 0 Å². The van der Waals surface area contributed by atoms with Crippen molar-refractivity contribution < 1.29 is 4.57 Å². The Kier molecular flexibility index (Phi) is 3.28. The van der Waals surface area contributed by atoms with Gasteiger partial charge in [0.05, 0.1) is 0 Å². The standard InChI is InChI=1S/C15H11Cl2N2/c16-12-1-5-14(6-2-12)18-9-10-19(11-18)15-7-3-13(17)4-8-15/h1-11H/q+1. The van der Waals surface area contributed by atoms with Gasteiger partial charge < -0.3 is 0 Å². The predicted molar refractivity (Wildman–Crippen MR) is 77.3 cm³/mol. The molecule has 3 aromatic rings. The van der Waals surface area contributed by atoms with Crippen LogP contribution in [0.25, 0.3) is 11.4 Å². The van der Waals surface area contributed by atoms with Crippen LogP contribution in [0.2, 0.25) is 10.0 Å². The summed E-state index contributed by atoms with van der Waals surface area (Å²) in [5, 5.41) is 1.47. The van der Waals surface area contributed by atoms with E-state index in [1.807, 2.05) is 76.4 Å². The summed E-state index contributed by atoms with van der Waals surface area (Å²) >= 11 is 11.8. The molecule has 0 aliphatic heterocycles. The van der Waals surface area contributed by atoms with E-state index in [0.29, 0.717) is 0 Å². The van der Waals surface area contributed by atoms with E-state index in [-0.39, 0.29) is 0 Å². The van der Waals surface area contributed by atoms with Crippen LogP contribution in [0, 0.1) is 0 Å². The van der Waals surface area contributed by atoms with Crippen molar-refractivity contribution in [3.8, 4) is 11.4 Å². The highest BCUT2D eigenvalue weighted by atomic mass is 35.5. The zero-order valence-corrected chi connectivity index (χ0v) is 11.5. The Hall–Kier alpha value is -1.77. The summed E-state index contributed by atoms with van der Waals surface area (Å²) < 4.78 is 4.07. The summed E-state index contributed by atoms with van der Waals surface area (Å²) in [6, 6.07) is 15.4. The molecule has 2 aromatic carbocycles. The van der Waals surface area contributed by atoms with Gasteiger partial charge in [-0.05, 0) is 48.5 Å². The highest BCUT2D eigenvalue weighted by molar-refractivity contribution is 6.30. The molecule has 0 amide bonds. The number of benzene rings is 2. The van der Waals surface area contributed by atoms with Crippen LogP contribution in [0.15, 0.2) is 67.3 Å². The summed E-state index contributed by atoms with van der Waals surface area (Å²) in [6.07, 6.45) is 6.00. The lowest BCUT2D eigenvalue weighted by Crippen LogP contribution is -2.27. The Bertz CT molecular complexity index is 625. The van der Waals surface area contributed by atoms with Gasteiger partial charge in [-0.3, -0.25) is 0 Å². The topological polar surface area (TPSA) is 8.81 Å². The van der Waals surface area contributed by atoms with Crippen molar-refractivity contribution in [2.45, 2.75) is 0 Å². The van der Waals surface area contributed by atoms with Gasteiger partial charge in [0.2, 0.25) is 0 Å². The molecule has 0 aliphatic rings. The van der Waals surface area contributed by atoms with E-state index in [2.05, 4.69) is 0 Å². The van der Waals surface area contributed by atoms with Gasteiger partial charge >= 0.3 is 0 Å². The first-order valence-corrected chi connectivity index (χ1v) is 6.59. The molecule has 1 heterocycles. The summed E-state index contributed by atoms with van der Waals surface area (Å²) in [5.74, 6) is 0. The molecule has 3 rings (SSSR count). The van der Waals surface area contributed by atoms with Crippen molar-refractivity contribution in [3.63, 3.8) is 0 Å². The van der Waals surface area contributed by atoms with E-state index in [1.54, 1.807) is 0 Å². The number of nitrogens with zero attached hydrogens (tertiary/aromatic N) is 2. The molecular formula is C15H11Cl2N2+. The third-order valence-corrected chi connectivity index (χ3v) is 3.39. The number of rotatable bonds is 2. The third-order valence-electron chi connectivity index (χ3n) is 2.89. The second-order valence-electron chi connectivity index (χ2n) is 4.18. The average molecular weight is 290 g/mol. The fourth-order valence-corrected chi connectivity index (χ4v) is 2.14. The maximum absolute atomic E-state index is 5.89. The summed E-state index contributed by atoms with van der Waals surface area (Å²) in [7, 11) is 0. The van der Waals surface area contributed by atoms with Crippen LogP contribution in [0.5, 0.6) is 0 Å². The molecule has 0 fully saturated rings. The molecule has 1 aromatic heterocycles. The first-order chi connectivity index (χ1) is 9.22. The van der Waals surface area contributed by atoms with Crippen molar-refractivity contribution in [3.05, 3.63) is 77.3 Å². The quantitative estimate of drug-likeness (QED) is 0.629. The smallest absolute Gasteiger partial charge is 0.202 e. The molecule has 0 spiro atoms. The fourth-order valence-electron chi connectivity index (χ4n) is 1.89. The molecule has 2 nitrogen and oxygen atoms in total. The largest absolute Gasteiger partial charge is 0.254 e. The van der Waals surface area contributed by atoms with E-state index in [1.165, 1.54) is 0 Å². The summed E-state index contributed by atoms with van der Waals surface area (Å²) in [5.41, 5.74) is 2.13. The lowest BCUT2D eigenvalue weighted by Gasteiger charge is -1.96. The van der Waals surface area contributed by atoms with Crippen LogP contribution in [0.4, 0.5) is 0 Å². The van der Waals surface area contributed by atoms with Crippen LogP contribution in [-0.2, 0) is 0 Å². The van der Waals surface area contributed by atoms with Crippen LogP contribution in [0.1, 0.15) is 0 Å². The monoisotopic (exact) mass is 289 g/mol. The van der Waals surface area contributed by atoms with Crippen molar-refractivity contribution in [2.75, 3.05) is 0 Å². The van der Waals surface area contributed by atoms with Gasteiger partial charge in [-0.15, -0.1) is 0 Å². The second-order valence-corrected chi connectivity index (χ2v) is 5.05. The van der Waals surface area contributed by atoms with Crippen LogP contribution >= 0.6 is 23.2 Å². The van der Waals surface area contributed by atoms with Gasteiger partial charge in [-0.1, -0.05) is 23.2 Å².